The third kappa shape index (κ3) is 3.05. The van der Waals surface area contributed by atoms with Gasteiger partial charge < -0.3 is 15.2 Å². The lowest BCUT2D eigenvalue weighted by atomic mass is 10.1. The fourth-order valence-corrected chi connectivity index (χ4v) is 3.34. The molecule has 8 nitrogen and oxygen atoms in total. The number of carbonyl (C=O) groups excluding carboxylic acids is 1. The zero-order valence-corrected chi connectivity index (χ0v) is 16.1. The highest BCUT2D eigenvalue weighted by Gasteiger charge is 2.31. The van der Waals surface area contributed by atoms with Crippen LogP contribution in [-0.2, 0) is 11.2 Å². The van der Waals surface area contributed by atoms with Gasteiger partial charge >= 0.3 is 0 Å². The van der Waals surface area contributed by atoms with Crippen molar-refractivity contribution in [2.75, 3.05) is 17.3 Å². The fourth-order valence-electron chi connectivity index (χ4n) is 3.34. The van der Waals surface area contributed by atoms with Crippen molar-refractivity contribution >= 4 is 34.3 Å². The van der Waals surface area contributed by atoms with Crippen molar-refractivity contribution in [1.82, 2.24) is 19.9 Å². The topological polar surface area (TPSA) is 111 Å². The van der Waals surface area contributed by atoms with Gasteiger partial charge in [-0.3, -0.25) is 4.79 Å². The molecule has 0 radical (unpaired) electrons. The number of anilines is 3. The molecular weight excluding hydrogens is 354 g/mol. The van der Waals surface area contributed by atoms with Gasteiger partial charge in [-0.2, -0.15) is 5.26 Å². The van der Waals surface area contributed by atoms with Crippen molar-refractivity contribution < 1.29 is 4.79 Å². The van der Waals surface area contributed by atoms with Gasteiger partial charge in [0.15, 0.2) is 5.82 Å². The first-order chi connectivity index (χ1) is 13.5. The maximum absolute atomic E-state index is 12.3. The van der Waals surface area contributed by atoms with Crippen LogP contribution in [0.3, 0.4) is 0 Å². The molecule has 3 aromatic rings. The summed E-state index contributed by atoms with van der Waals surface area (Å²) in [4.78, 5) is 30.7. The van der Waals surface area contributed by atoms with Gasteiger partial charge in [0.1, 0.15) is 23.1 Å². The zero-order chi connectivity index (χ0) is 19.8. The number of pyridine rings is 2. The summed E-state index contributed by atoms with van der Waals surface area (Å²) in [5, 5.41) is 12.1. The van der Waals surface area contributed by atoms with E-state index in [1.165, 1.54) is 0 Å². The number of nitrogens with one attached hydrogen (secondary N) is 2. The molecule has 142 valence electrons. The highest BCUT2D eigenvalue weighted by molar-refractivity contribution is 6.01. The Morgan fingerprint density at radius 3 is 2.89 bits per heavy atom. The predicted octanol–water partition coefficient (Wildman–Crippen LogP) is 3.21. The molecule has 0 atom stereocenters. The number of aromatic amines is 1. The lowest BCUT2D eigenvalue weighted by molar-refractivity contribution is -0.117. The van der Waals surface area contributed by atoms with Crippen LogP contribution in [0, 0.1) is 24.2 Å². The third-order valence-electron chi connectivity index (χ3n) is 5.11. The van der Waals surface area contributed by atoms with E-state index >= 15 is 0 Å². The molecule has 1 saturated carbocycles. The Hall–Kier alpha value is -3.47. The molecular formula is C20H21N7O. The van der Waals surface area contributed by atoms with Gasteiger partial charge in [-0.15, -0.1) is 0 Å². The van der Waals surface area contributed by atoms with E-state index in [-0.39, 0.29) is 11.8 Å². The minimum atomic E-state index is -0.00450. The van der Waals surface area contributed by atoms with Crippen LogP contribution in [0.1, 0.15) is 36.6 Å². The molecule has 0 aliphatic heterocycles. The van der Waals surface area contributed by atoms with Gasteiger partial charge in [0.2, 0.25) is 5.91 Å². The number of H-pyrrole nitrogens is 1. The summed E-state index contributed by atoms with van der Waals surface area (Å²) in [6.45, 7) is 3.99. The second-order valence-electron chi connectivity index (χ2n) is 7.02. The molecule has 3 heterocycles. The quantitative estimate of drug-likeness (QED) is 0.708. The number of fused-ring (bicyclic) bond motifs is 1. The van der Waals surface area contributed by atoms with E-state index in [9.17, 15) is 4.79 Å². The zero-order valence-electron chi connectivity index (χ0n) is 16.1. The molecule has 28 heavy (non-hydrogen) atoms. The minimum Gasteiger partial charge on any atom is -0.342 e. The Labute approximate surface area is 162 Å². The van der Waals surface area contributed by atoms with E-state index in [4.69, 9.17) is 10.2 Å². The molecule has 8 heteroatoms. The standard InChI is InChI=1S/C20H21N7O/c1-4-12-7-14(8-21)22-9-15(12)27(3)19-11(2)16-17(24-10-23-16)18(25-19)26-20(28)13-5-6-13/h7,9-10,13H,4-6H2,1-3H3,(H,23,24)(H,25,26,28). The summed E-state index contributed by atoms with van der Waals surface area (Å²) < 4.78 is 0. The largest absolute Gasteiger partial charge is 0.342 e. The van der Waals surface area contributed by atoms with E-state index < -0.39 is 0 Å². The first-order valence-electron chi connectivity index (χ1n) is 9.30. The first kappa shape index (κ1) is 17.9. The average Bonchev–Trinajstić information content (AvgIpc) is 3.45. The lowest BCUT2D eigenvalue weighted by Gasteiger charge is -2.23. The Balaban J connectivity index is 1.80. The van der Waals surface area contributed by atoms with E-state index in [2.05, 4.69) is 26.3 Å². The summed E-state index contributed by atoms with van der Waals surface area (Å²) in [5.74, 6) is 1.25. The molecule has 0 unspecified atom stereocenters. The maximum Gasteiger partial charge on any atom is 0.228 e. The highest BCUT2D eigenvalue weighted by atomic mass is 16.2. The van der Waals surface area contributed by atoms with Crippen LogP contribution in [0.4, 0.5) is 17.3 Å². The molecule has 1 amide bonds. The molecule has 0 bridgehead atoms. The number of amides is 1. The van der Waals surface area contributed by atoms with Gasteiger partial charge in [0.25, 0.3) is 0 Å². The second kappa shape index (κ2) is 6.93. The Morgan fingerprint density at radius 1 is 1.43 bits per heavy atom. The summed E-state index contributed by atoms with van der Waals surface area (Å²) in [6, 6.07) is 3.88. The van der Waals surface area contributed by atoms with E-state index in [1.54, 1.807) is 18.6 Å². The molecule has 1 aliphatic rings. The smallest absolute Gasteiger partial charge is 0.228 e. The molecule has 0 spiro atoms. The van der Waals surface area contributed by atoms with Crippen LogP contribution in [0.15, 0.2) is 18.6 Å². The van der Waals surface area contributed by atoms with Crippen molar-refractivity contribution in [3.8, 4) is 6.07 Å². The number of aromatic nitrogens is 4. The van der Waals surface area contributed by atoms with Gasteiger partial charge in [0.05, 0.1) is 23.7 Å². The van der Waals surface area contributed by atoms with Crippen molar-refractivity contribution in [3.63, 3.8) is 0 Å². The van der Waals surface area contributed by atoms with Crippen molar-refractivity contribution in [3.05, 3.63) is 35.4 Å². The van der Waals surface area contributed by atoms with Crippen LogP contribution in [0.5, 0.6) is 0 Å². The number of carbonyl (C=O) groups is 1. The number of hydrogen-bond acceptors (Lipinski definition) is 6. The van der Waals surface area contributed by atoms with Crippen molar-refractivity contribution in [1.29, 1.82) is 5.26 Å². The first-order valence-corrected chi connectivity index (χ1v) is 9.30. The molecule has 3 aromatic heterocycles. The van der Waals surface area contributed by atoms with Gasteiger partial charge in [0, 0.05) is 18.5 Å². The maximum atomic E-state index is 12.3. The Bertz CT molecular complexity index is 1110. The summed E-state index contributed by atoms with van der Waals surface area (Å²) in [5.41, 5.74) is 4.64. The number of nitrogens with zero attached hydrogens (tertiary/aromatic N) is 5. The fraction of sp³-hybridized carbons (Fsp3) is 0.350. The van der Waals surface area contributed by atoms with Crippen molar-refractivity contribution in [2.24, 2.45) is 5.92 Å². The third-order valence-corrected chi connectivity index (χ3v) is 5.11. The molecule has 1 fully saturated rings. The summed E-state index contributed by atoms with van der Waals surface area (Å²) in [6.07, 6.45) is 5.90. The van der Waals surface area contributed by atoms with Gasteiger partial charge in [-0.1, -0.05) is 6.92 Å². The number of hydrogen-bond donors (Lipinski definition) is 2. The molecule has 0 saturated heterocycles. The number of imidazole rings is 1. The Morgan fingerprint density at radius 2 is 2.21 bits per heavy atom. The van der Waals surface area contributed by atoms with Gasteiger partial charge in [-0.25, -0.2) is 15.0 Å². The summed E-state index contributed by atoms with van der Waals surface area (Å²) in [7, 11) is 1.91. The lowest BCUT2D eigenvalue weighted by Crippen LogP contribution is -2.19. The SMILES string of the molecule is CCc1cc(C#N)ncc1N(C)c1nc(NC(=O)C2CC2)c2[nH]cnc2c1C. The molecule has 2 N–H and O–H groups in total. The number of nitriles is 1. The predicted molar refractivity (Wildman–Crippen MR) is 106 cm³/mol. The minimum absolute atomic E-state index is 0.00450. The monoisotopic (exact) mass is 375 g/mol. The molecule has 1 aliphatic carbocycles. The Kier molecular flexibility index (Phi) is 4.43. The van der Waals surface area contributed by atoms with E-state index in [0.29, 0.717) is 17.3 Å². The number of aryl methyl sites for hydroxylation is 2. The second-order valence-corrected chi connectivity index (χ2v) is 7.02. The van der Waals surface area contributed by atoms with Crippen LogP contribution in [0.2, 0.25) is 0 Å². The molecule has 0 aromatic carbocycles. The van der Waals surface area contributed by atoms with Crippen LogP contribution >= 0.6 is 0 Å². The van der Waals surface area contributed by atoms with E-state index in [0.717, 1.165) is 47.1 Å². The van der Waals surface area contributed by atoms with Crippen LogP contribution in [-0.4, -0.2) is 32.9 Å². The van der Waals surface area contributed by atoms with Crippen LogP contribution < -0.4 is 10.2 Å². The average molecular weight is 375 g/mol. The van der Waals surface area contributed by atoms with Crippen molar-refractivity contribution in [2.45, 2.75) is 33.1 Å². The normalized spacial score (nSPS) is 13.4. The van der Waals surface area contributed by atoms with E-state index in [1.807, 2.05) is 25.8 Å². The van der Waals surface area contributed by atoms with Gasteiger partial charge in [-0.05, 0) is 37.8 Å². The highest BCUT2D eigenvalue weighted by Crippen LogP contribution is 2.35. The molecule has 4 rings (SSSR count). The summed E-state index contributed by atoms with van der Waals surface area (Å²) >= 11 is 0. The number of rotatable bonds is 5. The van der Waals surface area contributed by atoms with Crippen LogP contribution in [0.25, 0.3) is 11.0 Å².